The normalized spacial score (nSPS) is 16.2. The first kappa shape index (κ1) is 18.7. The number of benzene rings is 1. The van der Waals surface area contributed by atoms with Gasteiger partial charge in [0.15, 0.2) is 6.54 Å². The second-order valence-corrected chi connectivity index (χ2v) is 7.86. The number of amides is 1. The highest BCUT2D eigenvalue weighted by atomic mass is 32.2. The quantitative estimate of drug-likeness (QED) is 0.667. The lowest BCUT2D eigenvalue weighted by Crippen LogP contribution is -3.15. The highest BCUT2D eigenvalue weighted by Gasteiger charge is 2.23. The van der Waals surface area contributed by atoms with Gasteiger partial charge in [0.1, 0.15) is 23.7 Å². The molecule has 0 atom stereocenters. The van der Waals surface area contributed by atoms with Gasteiger partial charge in [0.2, 0.25) is 10.0 Å². The van der Waals surface area contributed by atoms with E-state index in [-0.39, 0.29) is 16.6 Å². The maximum absolute atomic E-state index is 12.4. The van der Waals surface area contributed by atoms with Gasteiger partial charge in [-0.25, -0.2) is 12.7 Å². The molecule has 0 radical (unpaired) electrons. The third-order valence-electron chi connectivity index (χ3n) is 3.82. The van der Waals surface area contributed by atoms with Crippen LogP contribution in [-0.2, 0) is 19.6 Å². The number of sulfonamides is 1. The van der Waals surface area contributed by atoms with E-state index in [0.29, 0.717) is 25.4 Å². The maximum Gasteiger partial charge on any atom is 0.279 e. The second kappa shape index (κ2) is 7.93. The van der Waals surface area contributed by atoms with E-state index < -0.39 is 10.0 Å². The van der Waals surface area contributed by atoms with Gasteiger partial charge in [-0.3, -0.25) is 4.79 Å². The number of carbonyl (C=O) groups is 1. The van der Waals surface area contributed by atoms with Crippen LogP contribution in [-0.4, -0.2) is 72.7 Å². The zero-order chi connectivity index (χ0) is 17.7. The minimum Gasteiger partial charge on any atom is -0.495 e. The molecule has 0 saturated carbocycles. The average Bonchev–Trinajstić information content (AvgIpc) is 2.55. The molecule has 9 heteroatoms. The van der Waals surface area contributed by atoms with Crippen molar-refractivity contribution < 1.29 is 27.6 Å². The summed E-state index contributed by atoms with van der Waals surface area (Å²) in [5, 5.41) is 2.75. The molecule has 1 aromatic rings. The molecule has 1 aliphatic rings. The third-order valence-corrected chi connectivity index (χ3v) is 5.65. The zero-order valence-corrected chi connectivity index (χ0v) is 15.0. The largest absolute Gasteiger partial charge is 0.495 e. The molecule has 0 bridgehead atoms. The van der Waals surface area contributed by atoms with Crippen molar-refractivity contribution in [2.45, 2.75) is 4.90 Å². The number of rotatable bonds is 6. The fourth-order valence-electron chi connectivity index (χ4n) is 2.42. The van der Waals surface area contributed by atoms with Crippen LogP contribution in [0.5, 0.6) is 5.75 Å². The first-order valence-electron chi connectivity index (χ1n) is 7.66. The monoisotopic (exact) mass is 358 g/mol. The van der Waals surface area contributed by atoms with Crippen molar-refractivity contribution in [2.75, 3.05) is 59.4 Å². The molecule has 1 saturated heterocycles. The number of nitrogens with zero attached hydrogens (tertiary/aromatic N) is 1. The van der Waals surface area contributed by atoms with E-state index >= 15 is 0 Å². The maximum atomic E-state index is 12.4. The average molecular weight is 358 g/mol. The molecule has 1 fully saturated rings. The summed E-state index contributed by atoms with van der Waals surface area (Å²) in [6.07, 6.45) is 0. The molecule has 0 spiro atoms. The van der Waals surface area contributed by atoms with E-state index in [9.17, 15) is 13.2 Å². The van der Waals surface area contributed by atoms with Crippen molar-refractivity contribution in [3.63, 3.8) is 0 Å². The zero-order valence-electron chi connectivity index (χ0n) is 14.2. The summed E-state index contributed by atoms with van der Waals surface area (Å²) in [5.74, 6) is 0.0748. The molecule has 0 aromatic heterocycles. The van der Waals surface area contributed by atoms with Crippen molar-refractivity contribution in [3.05, 3.63) is 18.2 Å². The van der Waals surface area contributed by atoms with Gasteiger partial charge in [0.25, 0.3) is 5.91 Å². The number of carbonyl (C=O) groups excluding carboxylic acids is 1. The number of anilines is 1. The Morgan fingerprint density at radius 3 is 2.58 bits per heavy atom. The lowest BCUT2D eigenvalue weighted by Gasteiger charge is -2.23. The molecular formula is C15H24N3O5S+. The Kier molecular flexibility index (Phi) is 6.16. The predicted molar refractivity (Wildman–Crippen MR) is 88.9 cm³/mol. The van der Waals surface area contributed by atoms with Crippen LogP contribution in [0.15, 0.2) is 23.1 Å². The van der Waals surface area contributed by atoms with Crippen molar-refractivity contribution >= 4 is 21.6 Å². The number of ether oxygens (including phenoxy) is 2. The standard InChI is InChI=1S/C15H23N3O5S/c1-17(2)24(20,21)14-10-12(4-5-13(14)22-3)16-15(19)11-18-6-8-23-9-7-18/h4-5,10H,6-9,11H2,1-3H3,(H,16,19)/p+1. The van der Waals surface area contributed by atoms with Gasteiger partial charge in [-0.1, -0.05) is 0 Å². The number of methoxy groups -OCH3 is 1. The summed E-state index contributed by atoms with van der Waals surface area (Å²) in [7, 11) is 0.629. The minimum absolute atomic E-state index is 0.0199. The van der Waals surface area contributed by atoms with E-state index in [1.54, 1.807) is 6.07 Å². The number of hydrogen-bond acceptors (Lipinski definition) is 5. The Labute approximate surface area is 142 Å². The van der Waals surface area contributed by atoms with E-state index in [4.69, 9.17) is 9.47 Å². The molecule has 24 heavy (non-hydrogen) atoms. The van der Waals surface area contributed by atoms with Crippen LogP contribution in [0.2, 0.25) is 0 Å². The van der Waals surface area contributed by atoms with Crippen molar-refractivity contribution in [1.29, 1.82) is 0 Å². The van der Waals surface area contributed by atoms with Crippen LogP contribution in [0, 0.1) is 0 Å². The summed E-state index contributed by atoms with van der Waals surface area (Å²) in [6.45, 7) is 3.20. The summed E-state index contributed by atoms with van der Waals surface area (Å²) < 4.78 is 36.3. The fourth-order valence-corrected chi connectivity index (χ4v) is 3.50. The Balaban J connectivity index is 2.15. The number of quaternary nitrogens is 1. The molecule has 1 amide bonds. The van der Waals surface area contributed by atoms with Gasteiger partial charge < -0.3 is 19.7 Å². The summed E-state index contributed by atoms with van der Waals surface area (Å²) in [4.78, 5) is 13.3. The highest BCUT2D eigenvalue weighted by molar-refractivity contribution is 7.89. The SMILES string of the molecule is COc1ccc(NC(=O)C[NH+]2CCOCC2)cc1S(=O)(=O)N(C)C. The lowest BCUT2D eigenvalue weighted by atomic mass is 10.3. The number of morpholine rings is 1. The predicted octanol–water partition coefficient (Wildman–Crippen LogP) is -1.20. The van der Waals surface area contributed by atoms with Crippen molar-refractivity contribution in [2.24, 2.45) is 0 Å². The van der Waals surface area contributed by atoms with E-state index in [1.807, 2.05) is 0 Å². The number of hydrogen-bond donors (Lipinski definition) is 2. The molecule has 2 N–H and O–H groups in total. The summed E-state index contributed by atoms with van der Waals surface area (Å²) >= 11 is 0. The van der Waals surface area contributed by atoms with Gasteiger partial charge in [-0.05, 0) is 18.2 Å². The van der Waals surface area contributed by atoms with Crippen LogP contribution >= 0.6 is 0 Å². The van der Waals surface area contributed by atoms with Gasteiger partial charge in [0, 0.05) is 19.8 Å². The van der Waals surface area contributed by atoms with Crippen LogP contribution in [0.1, 0.15) is 0 Å². The summed E-state index contributed by atoms with van der Waals surface area (Å²) in [5.41, 5.74) is 0.425. The van der Waals surface area contributed by atoms with Gasteiger partial charge in [-0.15, -0.1) is 0 Å². The molecule has 2 rings (SSSR count). The summed E-state index contributed by atoms with van der Waals surface area (Å²) in [6, 6.07) is 4.58. The molecule has 1 heterocycles. The van der Waals surface area contributed by atoms with Crippen LogP contribution in [0.25, 0.3) is 0 Å². The second-order valence-electron chi connectivity index (χ2n) is 5.74. The van der Waals surface area contributed by atoms with E-state index in [2.05, 4.69) is 5.32 Å². The van der Waals surface area contributed by atoms with Crippen molar-refractivity contribution in [3.8, 4) is 5.75 Å². The minimum atomic E-state index is -3.67. The third kappa shape index (κ3) is 4.44. The Morgan fingerprint density at radius 2 is 2.00 bits per heavy atom. The van der Waals surface area contributed by atoms with Gasteiger partial charge >= 0.3 is 0 Å². The number of nitrogens with one attached hydrogen (secondary N) is 2. The Bertz CT molecular complexity index is 684. The topological polar surface area (TPSA) is 89.4 Å². The van der Waals surface area contributed by atoms with E-state index in [1.165, 1.54) is 33.3 Å². The fraction of sp³-hybridized carbons (Fsp3) is 0.533. The molecule has 1 aromatic carbocycles. The molecule has 8 nitrogen and oxygen atoms in total. The van der Waals surface area contributed by atoms with E-state index in [0.717, 1.165) is 22.3 Å². The van der Waals surface area contributed by atoms with Crippen LogP contribution < -0.4 is 15.0 Å². The first-order chi connectivity index (χ1) is 11.3. The smallest absolute Gasteiger partial charge is 0.279 e. The lowest BCUT2D eigenvalue weighted by molar-refractivity contribution is -0.899. The molecule has 0 aliphatic carbocycles. The molecule has 134 valence electrons. The van der Waals surface area contributed by atoms with Crippen LogP contribution in [0.4, 0.5) is 5.69 Å². The van der Waals surface area contributed by atoms with Gasteiger partial charge in [-0.2, -0.15) is 0 Å². The highest BCUT2D eigenvalue weighted by Crippen LogP contribution is 2.28. The molecule has 0 unspecified atom stereocenters. The Morgan fingerprint density at radius 1 is 1.33 bits per heavy atom. The Hall–Kier alpha value is -1.68. The van der Waals surface area contributed by atoms with Crippen LogP contribution in [0.3, 0.4) is 0 Å². The first-order valence-corrected chi connectivity index (χ1v) is 9.10. The molecule has 1 aliphatic heterocycles. The van der Waals surface area contributed by atoms with Gasteiger partial charge in [0.05, 0.1) is 20.3 Å². The van der Waals surface area contributed by atoms with Crippen molar-refractivity contribution in [1.82, 2.24) is 4.31 Å². The molecular weight excluding hydrogens is 334 g/mol.